The number of amides is 1. The van der Waals surface area contributed by atoms with E-state index in [2.05, 4.69) is 9.88 Å². The summed E-state index contributed by atoms with van der Waals surface area (Å²) in [6.07, 6.45) is -1.38. The molecule has 0 spiro atoms. The monoisotopic (exact) mass is 293 g/mol. The van der Waals surface area contributed by atoms with Crippen molar-refractivity contribution in [2.24, 2.45) is 5.92 Å². The second kappa shape index (κ2) is 5.77. The molecule has 0 saturated carbocycles. The quantitative estimate of drug-likeness (QED) is 0.927. The van der Waals surface area contributed by atoms with Crippen molar-refractivity contribution in [1.82, 2.24) is 10.3 Å². The lowest BCUT2D eigenvalue weighted by atomic mass is 9.98. The van der Waals surface area contributed by atoms with E-state index in [1.165, 1.54) is 11.3 Å². The van der Waals surface area contributed by atoms with E-state index in [1.54, 1.807) is 6.20 Å². The van der Waals surface area contributed by atoms with Crippen molar-refractivity contribution in [1.29, 1.82) is 0 Å². The molecule has 1 aliphatic rings. The zero-order chi connectivity index (χ0) is 13.9. The molecule has 1 saturated heterocycles. The van der Waals surface area contributed by atoms with Crippen LogP contribution in [0.5, 0.6) is 0 Å². The second-order valence-electron chi connectivity index (χ2n) is 4.48. The minimum Gasteiger partial charge on any atom is -0.348 e. The molecule has 1 aromatic heterocycles. The molecular weight excluding hydrogens is 279 g/mol. The Bertz CT molecular complexity index is 421. The summed E-state index contributed by atoms with van der Waals surface area (Å²) in [5, 5.41) is 4.70. The van der Waals surface area contributed by atoms with Crippen molar-refractivity contribution in [2.75, 3.05) is 24.5 Å². The molecule has 0 bridgehead atoms. The molecule has 0 aromatic carbocycles. The third kappa shape index (κ3) is 3.82. The molecule has 1 aromatic rings. The summed E-state index contributed by atoms with van der Waals surface area (Å²) in [5.74, 6) is -1.83. The van der Waals surface area contributed by atoms with Gasteiger partial charge in [0.2, 0.25) is 0 Å². The summed E-state index contributed by atoms with van der Waals surface area (Å²) < 4.78 is 36.2. The Hall–Kier alpha value is -1.31. The maximum absolute atomic E-state index is 12.1. The summed E-state index contributed by atoms with van der Waals surface area (Å²) in [6, 6.07) is 0. The normalized spacial score (nSPS) is 20.4. The van der Waals surface area contributed by atoms with Crippen LogP contribution in [0.2, 0.25) is 0 Å². The zero-order valence-corrected chi connectivity index (χ0v) is 10.9. The molecule has 1 atom stereocenters. The summed E-state index contributed by atoms with van der Waals surface area (Å²) in [7, 11) is 0. The molecule has 19 heavy (non-hydrogen) atoms. The van der Waals surface area contributed by atoms with E-state index in [0.29, 0.717) is 6.54 Å². The van der Waals surface area contributed by atoms with Crippen LogP contribution in [0.15, 0.2) is 11.6 Å². The summed E-state index contributed by atoms with van der Waals surface area (Å²) in [4.78, 5) is 17.0. The van der Waals surface area contributed by atoms with Gasteiger partial charge in [0.25, 0.3) is 0 Å². The Morgan fingerprint density at radius 1 is 1.58 bits per heavy atom. The van der Waals surface area contributed by atoms with E-state index in [9.17, 15) is 18.0 Å². The van der Waals surface area contributed by atoms with Gasteiger partial charge in [-0.15, -0.1) is 11.3 Å². The number of carbonyl (C=O) groups is 1. The Morgan fingerprint density at radius 3 is 3.00 bits per heavy atom. The molecule has 0 radical (unpaired) electrons. The average Bonchev–Trinajstić information content (AvgIpc) is 2.89. The van der Waals surface area contributed by atoms with Crippen LogP contribution >= 0.6 is 11.3 Å². The van der Waals surface area contributed by atoms with E-state index in [0.717, 1.165) is 24.5 Å². The Morgan fingerprint density at radius 2 is 2.37 bits per heavy atom. The fourth-order valence-electron chi connectivity index (χ4n) is 2.11. The molecule has 2 rings (SSSR count). The maximum atomic E-state index is 12.1. The van der Waals surface area contributed by atoms with Crippen LogP contribution in [0.1, 0.15) is 12.8 Å². The maximum Gasteiger partial charge on any atom is 0.471 e. The Balaban J connectivity index is 1.83. The van der Waals surface area contributed by atoms with Crippen LogP contribution in [-0.4, -0.2) is 36.7 Å². The number of alkyl halides is 3. The number of nitrogens with zero attached hydrogens (tertiary/aromatic N) is 2. The van der Waals surface area contributed by atoms with Crippen LogP contribution in [0, 0.1) is 5.92 Å². The largest absolute Gasteiger partial charge is 0.471 e. The minimum absolute atomic E-state index is 0.0314. The number of hydrogen-bond donors (Lipinski definition) is 1. The third-order valence-corrected chi connectivity index (χ3v) is 3.85. The number of anilines is 1. The topological polar surface area (TPSA) is 45.2 Å². The molecule has 1 fully saturated rings. The molecule has 1 N–H and O–H groups in total. The predicted molar refractivity (Wildman–Crippen MR) is 66.1 cm³/mol. The summed E-state index contributed by atoms with van der Waals surface area (Å²) >= 11 is 1.51. The lowest BCUT2D eigenvalue weighted by Crippen LogP contribution is -2.44. The van der Waals surface area contributed by atoms with Gasteiger partial charge in [-0.1, -0.05) is 0 Å². The van der Waals surface area contributed by atoms with E-state index in [-0.39, 0.29) is 12.5 Å². The number of piperidine rings is 1. The van der Waals surface area contributed by atoms with Crippen LogP contribution < -0.4 is 10.2 Å². The molecule has 0 aliphatic carbocycles. The van der Waals surface area contributed by atoms with Crippen LogP contribution in [0.4, 0.5) is 18.3 Å². The van der Waals surface area contributed by atoms with E-state index in [1.807, 2.05) is 10.7 Å². The summed E-state index contributed by atoms with van der Waals surface area (Å²) in [5.41, 5.74) is 0. The van der Waals surface area contributed by atoms with Gasteiger partial charge in [0.05, 0.1) is 0 Å². The lowest BCUT2D eigenvalue weighted by molar-refractivity contribution is -0.173. The van der Waals surface area contributed by atoms with E-state index in [4.69, 9.17) is 0 Å². The van der Waals surface area contributed by atoms with Crippen molar-refractivity contribution in [3.8, 4) is 0 Å². The summed E-state index contributed by atoms with van der Waals surface area (Å²) in [6.45, 7) is 1.54. The number of thiazole rings is 1. The Kier molecular flexibility index (Phi) is 4.28. The number of rotatable bonds is 3. The van der Waals surface area contributed by atoms with Gasteiger partial charge in [0, 0.05) is 31.2 Å². The average molecular weight is 293 g/mol. The first-order valence-corrected chi connectivity index (χ1v) is 6.84. The first-order valence-electron chi connectivity index (χ1n) is 5.96. The van der Waals surface area contributed by atoms with Crippen LogP contribution in [-0.2, 0) is 4.79 Å². The van der Waals surface area contributed by atoms with Gasteiger partial charge in [-0.05, 0) is 18.8 Å². The van der Waals surface area contributed by atoms with Gasteiger partial charge in [-0.2, -0.15) is 13.2 Å². The third-order valence-electron chi connectivity index (χ3n) is 3.02. The smallest absolute Gasteiger partial charge is 0.348 e. The molecule has 1 aliphatic heterocycles. The highest BCUT2D eigenvalue weighted by atomic mass is 32.1. The SMILES string of the molecule is O=C(NCC1CCCN(c2nccs2)C1)C(F)(F)F. The zero-order valence-electron chi connectivity index (χ0n) is 10.1. The van der Waals surface area contributed by atoms with Gasteiger partial charge in [0.1, 0.15) is 0 Å². The highest BCUT2D eigenvalue weighted by molar-refractivity contribution is 7.13. The van der Waals surface area contributed by atoms with Gasteiger partial charge in [-0.3, -0.25) is 4.79 Å². The van der Waals surface area contributed by atoms with Crippen LogP contribution in [0.25, 0.3) is 0 Å². The molecule has 8 heteroatoms. The van der Waals surface area contributed by atoms with Gasteiger partial charge in [0.15, 0.2) is 5.13 Å². The number of aromatic nitrogens is 1. The second-order valence-corrected chi connectivity index (χ2v) is 5.35. The first-order chi connectivity index (χ1) is 8.97. The van der Waals surface area contributed by atoms with E-state index >= 15 is 0 Å². The van der Waals surface area contributed by atoms with Crippen molar-refractivity contribution in [2.45, 2.75) is 19.0 Å². The molecular formula is C11H14F3N3OS. The molecule has 106 valence electrons. The fraction of sp³-hybridized carbons (Fsp3) is 0.636. The first kappa shape index (κ1) is 14.1. The number of halogens is 3. The predicted octanol–water partition coefficient (Wildman–Crippen LogP) is 2.04. The Labute approximate surface area is 112 Å². The number of carbonyl (C=O) groups excluding carboxylic acids is 1. The van der Waals surface area contributed by atoms with Gasteiger partial charge in [-0.25, -0.2) is 4.98 Å². The van der Waals surface area contributed by atoms with Crippen molar-refractivity contribution in [3.05, 3.63) is 11.6 Å². The number of hydrogen-bond acceptors (Lipinski definition) is 4. The van der Waals surface area contributed by atoms with Gasteiger partial charge < -0.3 is 10.2 Å². The van der Waals surface area contributed by atoms with Crippen molar-refractivity contribution < 1.29 is 18.0 Å². The van der Waals surface area contributed by atoms with Crippen molar-refractivity contribution >= 4 is 22.4 Å². The highest BCUT2D eigenvalue weighted by Crippen LogP contribution is 2.24. The van der Waals surface area contributed by atoms with Crippen LogP contribution in [0.3, 0.4) is 0 Å². The fourth-order valence-corrected chi connectivity index (χ4v) is 2.79. The minimum atomic E-state index is -4.80. The highest BCUT2D eigenvalue weighted by Gasteiger charge is 2.38. The molecule has 2 heterocycles. The lowest BCUT2D eigenvalue weighted by Gasteiger charge is -2.32. The molecule has 4 nitrogen and oxygen atoms in total. The van der Waals surface area contributed by atoms with Crippen molar-refractivity contribution in [3.63, 3.8) is 0 Å². The molecule has 1 amide bonds. The molecule has 1 unspecified atom stereocenters. The number of nitrogens with one attached hydrogen (secondary N) is 1. The van der Waals surface area contributed by atoms with E-state index < -0.39 is 12.1 Å². The standard InChI is InChI=1S/C11H14F3N3OS/c12-11(13,14)9(18)16-6-8-2-1-4-17(7-8)10-15-3-5-19-10/h3,5,8H,1-2,4,6-7H2,(H,16,18). The van der Waals surface area contributed by atoms with Gasteiger partial charge >= 0.3 is 12.1 Å².